The van der Waals surface area contributed by atoms with Gasteiger partial charge in [0.2, 0.25) is 0 Å². The fraction of sp³-hybridized carbons (Fsp3) is 0.273. The number of rotatable bonds is 4. The molecule has 0 radical (unpaired) electrons. The summed E-state index contributed by atoms with van der Waals surface area (Å²) in [4.78, 5) is 0. The van der Waals surface area contributed by atoms with E-state index < -0.39 is 0 Å². The molecule has 0 saturated carbocycles. The van der Waals surface area contributed by atoms with Gasteiger partial charge in [-0.15, -0.1) is 0 Å². The smallest absolute Gasteiger partial charge is 0.113 e. The first-order valence-electron chi connectivity index (χ1n) is 4.27. The van der Waals surface area contributed by atoms with Gasteiger partial charge in [0.1, 0.15) is 6.61 Å². The Bertz CT molecular complexity index is 265. The lowest BCUT2D eigenvalue weighted by Gasteiger charge is -2.05. The number of ether oxygens (including phenoxy) is 1. The molecule has 0 aliphatic heterocycles. The molecular formula is C11H14O2. The standard InChI is InChI=1S/C11H14O2/c1-10(7-8-12)13-9-11-5-3-2-4-6-11/h2-7,12H,8-9H2,1H3/b10-7+. The topological polar surface area (TPSA) is 29.5 Å². The zero-order valence-corrected chi connectivity index (χ0v) is 7.73. The molecule has 0 atom stereocenters. The van der Waals surface area contributed by atoms with Crippen LogP contribution in [-0.4, -0.2) is 11.7 Å². The largest absolute Gasteiger partial charge is 0.494 e. The van der Waals surface area contributed by atoms with Gasteiger partial charge in [-0.3, -0.25) is 0 Å². The quantitative estimate of drug-likeness (QED) is 0.715. The molecule has 1 aromatic rings. The van der Waals surface area contributed by atoms with Crippen LogP contribution in [-0.2, 0) is 11.3 Å². The van der Waals surface area contributed by atoms with E-state index >= 15 is 0 Å². The highest BCUT2D eigenvalue weighted by molar-refractivity contribution is 5.13. The molecule has 0 aliphatic carbocycles. The molecule has 0 aromatic heterocycles. The van der Waals surface area contributed by atoms with Crippen LogP contribution >= 0.6 is 0 Å². The van der Waals surface area contributed by atoms with Crippen molar-refractivity contribution in [3.05, 3.63) is 47.7 Å². The Morgan fingerprint density at radius 3 is 2.69 bits per heavy atom. The van der Waals surface area contributed by atoms with Gasteiger partial charge in [0.15, 0.2) is 0 Å². The van der Waals surface area contributed by atoms with Crippen LogP contribution in [0, 0.1) is 0 Å². The normalized spacial score (nSPS) is 11.4. The van der Waals surface area contributed by atoms with E-state index in [4.69, 9.17) is 9.84 Å². The van der Waals surface area contributed by atoms with E-state index in [2.05, 4.69) is 0 Å². The highest BCUT2D eigenvalue weighted by atomic mass is 16.5. The average Bonchev–Trinajstić information content (AvgIpc) is 2.17. The summed E-state index contributed by atoms with van der Waals surface area (Å²) in [6.07, 6.45) is 1.64. The summed E-state index contributed by atoms with van der Waals surface area (Å²) in [5, 5.41) is 8.58. The van der Waals surface area contributed by atoms with Crippen LogP contribution in [0.4, 0.5) is 0 Å². The molecule has 70 valence electrons. The fourth-order valence-electron chi connectivity index (χ4n) is 0.959. The van der Waals surface area contributed by atoms with E-state index in [0.717, 1.165) is 11.3 Å². The van der Waals surface area contributed by atoms with Crippen molar-refractivity contribution in [3.63, 3.8) is 0 Å². The molecule has 0 unspecified atom stereocenters. The molecule has 0 saturated heterocycles. The second-order valence-corrected chi connectivity index (χ2v) is 2.77. The third-order valence-electron chi connectivity index (χ3n) is 1.69. The van der Waals surface area contributed by atoms with Crippen LogP contribution in [0.1, 0.15) is 12.5 Å². The van der Waals surface area contributed by atoms with Crippen molar-refractivity contribution >= 4 is 0 Å². The van der Waals surface area contributed by atoms with Crippen molar-refractivity contribution in [2.75, 3.05) is 6.61 Å². The molecule has 1 aromatic carbocycles. The summed E-state index contributed by atoms with van der Waals surface area (Å²) in [5.41, 5.74) is 1.13. The third kappa shape index (κ3) is 3.76. The minimum atomic E-state index is 0.0284. The lowest BCUT2D eigenvalue weighted by atomic mass is 10.2. The fourth-order valence-corrected chi connectivity index (χ4v) is 0.959. The summed E-state index contributed by atoms with van der Waals surface area (Å²) in [5.74, 6) is 0.756. The maximum atomic E-state index is 8.58. The second-order valence-electron chi connectivity index (χ2n) is 2.77. The summed E-state index contributed by atoms with van der Waals surface area (Å²) < 4.78 is 5.37. The highest BCUT2D eigenvalue weighted by Crippen LogP contribution is 2.04. The van der Waals surface area contributed by atoms with Crippen molar-refractivity contribution in [1.29, 1.82) is 0 Å². The Morgan fingerprint density at radius 2 is 2.08 bits per heavy atom. The first kappa shape index (κ1) is 9.81. The molecule has 13 heavy (non-hydrogen) atoms. The molecule has 1 N–H and O–H groups in total. The molecule has 1 rings (SSSR count). The van der Waals surface area contributed by atoms with Crippen molar-refractivity contribution in [1.82, 2.24) is 0 Å². The van der Waals surface area contributed by atoms with E-state index in [-0.39, 0.29) is 6.61 Å². The average molecular weight is 178 g/mol. The van der Waals surface area contributed by atoms with E-state index in [9.17, 15) is 0 Å². The van der Waals surface area contributed by atoms with E-state index in [1.54, 1.807) is 6.08 Å². The van der Waals surface area contributed by atoms with Gasteiger partial charge in [-0.1, -0.05) is 30.3 Å². The molecule has 0 fully saturated rings. The Balaban J connectivity index is 2.39. The zero-order chi connectivity index (χ0) is 9.52. The number of hydrogen-bond donors (Lipinski definition) is 1. The maximum Gasteiger partial charge on any atom is 0.113 e. The molecule has 0 bridgehead atoms. The predicted octanol–water partition coefficient (Wildman–Crippen LogP) is 2.10. The number of aliphatic hydroxyl groups excluding tert-OH is 1. The summed E-state index contributed by atoms with van der Waals surface area (Å²) in [6.45, 7) is 2.42. The molecule has 0 heterocycles. The monoisotopic (exact) mass is 178 g/mol. The summed E-state index contributed by atoms with van der Waals surface area (Å²) >= 11 is 0. The zero-order valence-electron chi connectivity index (χ0n) is 7.73. The van der Waals surface area contributed by atoms with E-state index in [1.165, 1.54) is 0 Å². The van der Waals surface area contributed by atoms with Gasteiger partial charge >= 0.3 is 0 Å². The van der Waals surface area contributed by atoms with Crippen molar-refractivity contribution < 1.29 is 9.84 Å². The first-order chi connectivity index (χ1) is 6.33. The van der Waals surface area contributed by atoms with Gasteiger partial charge < -0.3 is 9.84 Å². The van der Waals surface area contributed by atoms with Crippen molar-refractivity contribution in [3.8, 4) is 0 Å². The lowest BCUT2D eigenvalue weighted by Crippen LogP contribution is -1.91. The van der Waals surface area contributed by atoms with Crippen LogP contribution in [0.5, 0.6) is 0 Å². The molecular weight excluding hydrogens is 164 g/mol. The van der Waals surface area contributed by atoms with Gasteiger partial charge in [0.05, 0.1) is 12.4 Å². The van der Waals surface area contributed by atoms with Crippen LogP contribution in [0.15, 0.2) is 42.2 Å². The second kappa shape index (κ2) is 5.38. The molecule has 0 aliphatic rings. The van der Waals surface area contributed by atoms with Gasteiger partial charge in [-0.05, 0) is 18.6 Å². The van der Waals surface area contributed by atoms with Crippen LogP contribution in [0.3, 0.4) is 0 Å². The molecule has 0 amide bonds. The maximum absolute atomic E-state index is 8.58. The third-order valence-corrected chi connectivity index (χ3v) is 1.69. The first-order valence-corrected chi connectivity index (χ1v) is 4.27. The predicted molar refractivity (Wildman–Crippen MR) is 52.1 cm³/mol. The highest BCUT2D eigenvalue weighted by Gasteiger charge is 1.91. The van der Waals surface area contributed by atoms with Crippen molar-refractivity contribution in [2.45, 2.75) is 13.5 Å². The number of hydrogen-bond acceptors (Lipinski definition) is 2. The number of benzene rings is 1. The van der Waals surface area contributed by atoms with E-state index in [1.807, 2.05) is 37.3 Å². The van der Waals surface area contributed by atoms with Crippen LogP contribution < -0.4 is 0 Å². The summed E-state index contributed by atoms with van der Waals surface area (Å²) in [7, 11) is 0. The SMILES string of the molecule is C/C(=C\CO)OCc1ccccc1. The van der Waals surface area contributed by atoms with Crippen molar-refractivity contribution in [2.24, 2.45) is 0 Å². The Hall–Kier alpha value is -1.28. The van der Waals surface area contributed by atoms with Gasteiger partial charge in [-0.2, -0.15) is 0 Å². The number of allylic oxidation sites excluding steroid dienone is 1. The molecule has 0 spiro atoms. The van der Waals surface area contributed by atoms with Crippen LogP contribution in [0.25, 0.3) is 0 Å². The molecule has 2 nitrogen and oxygen atoms in total. The Morgan fingerprint density at radius 1 is 1.38 bits per heavy atom. The summed E-state index contributed by atoms with van der Waals surface area (Å²) in [6, 6.07) is 9.94. The van der Waals surface area contributed by atoms with Gasteiger partial charge in [-0.25, -0.2) is 0 Å². The van der Waals surface area contributed by atoms with Crippen LogP contribution in [0.2, 0.25) is 0 Å². The Labute approximate surface area is 78.5 Å². The van der Waals surface area contributed by atoms with Gasteiger partial charge in [0, 0.05) is 0 Å². The molecule has 2 heteroatoms. The van der Waals surface area contributed by atoms with Gasteiger partial charge in [0.25, 0.3) is 0 Å². The number of aliphatic hydroxyl groups is 1. The Kier molecular flexibility index (Phi) is 4.06. The lowest BCUT2D eigenvalue weighted by molar-refractivity contribution is 0.196. The minimum absolute atomic E-state index is 0.0284. The van der Waals surface area contributed by atoms with E-state index in [0.29, 0.717) is 6.61 Å². The minimum Gasteiger partial charge on any atom is -0.494 e.